The molecular formula is C14H10F9N. The number of aryl methyl sites for hydroxylation is 2. The Hall–Kier alpha value is -1.87. The fraction of sp³-hybridized carbons (Fsp3) is 0.429. The molecule has 0 aliphatic rings. The second kappa shape index (κ2) is 5.06. The molecule has 1 aromatic carbocycles. The van der Waals surface area contributed by atoms with Gasteiger partial charge in [0.1, 0.15) is 0 Å². The van der Waals surface area contributed by atoms with Gasteiger partial charge in [-0.05, 0) is 18.6 Å². The third kappa shape index (κ3) is 2.18. The van der Waals surface area contributed by atoms with Crippen LogP contribution < -0.4 is 0 Å². The van der Waals surface area contributed by atoms with Gasteiger partial charge in [-0.15, -0.1) is 0 Å². The Kier molecular flexibility index (Phi) is 3.89. The largest absolute Gasteiger partial charge is 0.460 e. The van der Waals surface area contributed by atoms with E-state index in [0.717, 1.165) is 14.0 Å². The monoisotopic (exact) mass is 363 g/mol. The minimum absolute atomic E-state index is 0.00389. The molecular weight excluding hydrogens is 353 g/mol. The molecule has 0 spiro atoms. The van der Waals surface area contributed by atoms with Gasteiger partial charge < -0.3 is 4.57 Å². The van der Waals surface area contributed by atoms with E-state index in [1.165, 1.54) is 24.3 Å². The molecule has 0 fully saturated rings. The Bertz CT molecular complexity index is 731. The minimum Gasteiger partial charge on any atom is -0.342 e. The van der Waals surface area contributed by atoms with Crippen molar-refractivity contribution in [3.8, 4) is 0 Å². The van der Waals surface area contributed by atoms with Gasteiger partial charge in [-0.3, -0.25) is 0 Å². The number of rotatable bonds is 3. The molecule has 0 bridgehead atoms. The maximum Gasteiger partial charge on any atom is 0.460 e. The Labute approximate surface area is 129 Å². The molecule has 0 amide bonds. The Morgan fingerprint density at radius 3 is 1.75 bits per heavy atom. The average Bonchev–Trinajstić information content (AvgIpc) is 2.70. The molecule has 0 unspecified atom stereocenters. The van der Waals surface area contributed by atoms with Crippen molar-refractivity contribution in [1.29, 1.82) is 0 Å². The highest BCUT2D eigenvalue weighted by molar-refractivity contribution is 5.85. The van der Waals surface area contributed by atoms with E-state index in [0.29, 0.717) is 4.57 Å². The maximum absolute atomic E-state index is 14.2. The van der Waals surface area contributed by atoms with Crippen molar-refractivity contribution in [2.24, 2.45) is 7.05 Å². The number of aromatic nitrogens is 1. The van der Waals surface area contributed by atoms with Crippen LogP contribution in [0, 0.1) is 6.92 Å². The SMILES string of the molecule is Cc1c(C(F)(F)C(F)(F)C(F)(F)C(F)(F)F)n(C)c2ccccc12. The summed E-state index contributed by atoms with van der Waals surface area (Å²) in [5.74, 6) is -19.3. The van der Waals surface area contributed by atoms with Crippen LogP contribution in [0.1, 0.15) is 11.3 Å². The molecule has 1 aromatic heterocycles. The molecule has 0 N–H and O–H groups in total. The normalized spacial score (nSPS) is 14.5. The standard InChI is InChI=1S/C14H10F9N/c1-7-8-5-3-4-6-9(8)24(2)10(7)11(15,16)12(17,18)13(19,20)14(21,22)23/h3-6H,1-2H3. The van der Waals surface area contributed by atoms with Crippen LogP contribution in [-0.4, -0.2) is 22.6 Å². The highest BCUT2D eigenvalue weighted by atomic mass is 19.4. The summed E-state index contributed by atoms with van der Waals surface area (Å²) in [5.41, 5.74) is -2.11. The Morgan fingerprint density at radius 1 is 0.792 bits per heavy atom. The lowest BCUT2D eigenvalue weighted by Gasteiger charge is -2.34. The fourth-order valence-corrected chi connectivity index (χ4v) is 2.55. The molecule has 2 aromatic rings. The zero-order chi connectivity index (χ0) is 18.7. The number of hydrogen-bond acceptors (Lipinski definition) is 0. The molecule has 2 rings (SSSR count). The molecule has 1 heterocycles. The first kappa shape index (κ1) is 18.5. The first-order valence-electron chi connectivity index (χ1n) is 6.42. The molecule has 0 atom stereocenters. The summed E-state index contributed by atoms with van der Waals surface area (Å²) in [6, 6.07) is 5.29. The number of benzene rings is 1. The van der Waals surface area contributed by atoms with Crippen molar-refractivity contribution >= 4 is 10.9 Å². The van der Waals surface area contributed by atoms with Crippen LogP contribution in [-0.2, 0) is 13.0 Å². The molecule has 0 saturated carbocycles. The molecule has 0 saturated heterocycles. The summed E-state index contributed by atoms with van der Waals surface area (Å²) in [5, 5.41) is 0.0424. The number of nitrogens with zero attached hydrogens (tertiary/aromatic N) is 1. The van der Waals surface area contributed by atoms with Crippen LogP contribution in [0.2, 0.25) is 0 Å². The predicted octanol–water partition coefficient (Wildman–Crippen LogP) is 5.41. The van der Waals surface area contributed by atoms with Crippen molar-refractivity contribution in [1.82, 2.24) is 4.57 Å². The van der Waals surface area contributed by atoms with Crippen molar-refractivity contribution in [3.05, 3.63) is 35.5 Å². The van der Waals surface area contributed by atoms with Crippen LogP contribution in [0.25, 0.3) is 10.9 Å². The molecule has 134 valence electrons. The molecule has 24 heavy (non-hydrogen) atoms. The third-order valence-corrected chi connectivity index (χ3v) is 3.80. The van der Waals surface area contributed by atoms with Gasteiger partial charge in [0.2, 0.25) is 0 Å². The molecule has 10 heteroatoms. The summed E-state index contributed by atoms with van der Waals surface area (Å²) in [6.07, 6.45) is -6.83. The van der Waals surface area contributed by atoms with Crippen LogP contribution in [0.15, 0.2) is 24.3 Å². The number of hydrogen-bond donors (Lipinski definition) is 0. The molecule has 1 nitrogen and oxygen atoms in total. The lowest BCUT2D eigenvalue weighted by Crippen LogP contribution is -2.60. The summed E-state index contributed by atoms with van der Waals surface area (Å²) in [7, 11) is 0.889. The van der Waals surface area contributed by atoms with Crippen LogP contribution in [0.5, 0.6) is 0 Å². The quantitative estimate of drug-likeness (QED) is 0.643. The van der Waals surface area contributed by atoms with Gasteiger partial charge in [0, 0.05) is 18.0 Å². The van der Waals surface area contributed by atoms with E-state index < -0.39 is 35.2 Å². The summed E-state index contributed by atoms with van der Waals surface area (Å²) < 4.78 is 119. The first-order valence-corrected chi connectivity index (χ1v) is 6.42. The molecule has 0 aliphatic heterocycles. The van der Waals surface area contributed by atoms with Crippen LogP contribution >= 0.6 is 0 Å². The number of fused-ring (bicyclic) bond motifs is 1. The van der Waals surface area contributed by atoms with Crippen LogP contribution in [0.4, 0.5) is 39.5 Å². The summed E-state index contributed by atoms with van der Waals surface area (Å²) in [4.78, 5) is 0. The first-order chi connectivity index (χ1) is 10.7. The van der Waals surface area contributed by atoms with Gasteiger partial charge in [0.25, 0.3) is 0 Å². The van der Waals surface area contributed by atoms with Crippen molar-refractivity contribution in [2.45, 2.75) is 30.9 Å². The topological polar surface area (TPSA) is 4.93 Å². The third-order valence-electron chi connectivity index (χ3n) is 3.80. The summed E-state index contributed by atoms with van der Waals surface area (Å²) >= 11 is 0. The number of halogens is 9. The van der Waals surface area contributed by atoms with E-state index in [-0.39, 0.29) is 10.9 Å². The van der Waals surface area contributed by atoms with E-state index in [1.807, 2.05) is 0 Å². The van der Waals surface area contributed by atoms with Gasteiger partial charge in [0.05, 0.1) is 5.69 Å². The maximum atomic E-state index is 14.2. The fourth-order valence-electron chi connectivity index (χ4n) is 2.55. The second-order valence-corrected chi connectivity index (χ2v) is 5.27. The zero-order valence-corrected chi connectivity index (χ0v) is 12.2. The van der Waals surface area contributed by atoms with Crippen molar-refractivity contribution in [2.75, 3.05) is 0 Å². The Morgan fingerprint density at radius 2 is 1.29 bits per heavy atom. The van der Waals surface area contributed by atoms with Gasteiger partial charge in [0.15, 0.2) is 0 Å². The zero-order valence-electron chi connectivity index (χ0n) is 12.2. The van der Waals surface area contributed by atoms with Crippen LogP contribution in [0.3, 0.4) is 0 Å². The van der Waals surface area contributed by atoms with Gasteiger partial charge in [-0.25, -0.2) is 0 Å². The highest BCUT2D eigenvalue weighted by Crippen LogP contribution is 2.57. The van der Waals surface area contributed by atoms with E-state index in [4.69, 9.17) is 0 Å². The Balaban J connectivity index is 2.76. The summed E-state index contributed by atoms with van der Waals surface area (Å²) in [6.45, 7) is 0.952. The molecule has 0 radical (unpaired) electrons. The van der Waals surface area contributed by atoms with Gasteiger partial charge >= 0.3 is 23.9 Å². The number of alkyl halides is 9. The van der Waals surface area contributed by atoms with Crippen molar-refractivity contribution in [3.63, 3.8) is 0 Å². The van der Waals surface area contributed by atoms with Crippen molar-refractivity contribution < 1.29 is 39.5 Å². The smallest absolute Gasteiger partial charge is 0.342 e. The lowest BCUT2D eigenvalue weighted by atomic mass is 9.98. The predicted molar refractivity (Wildman–Crippen MR) is 67.5 cm³/mol. The highest BCUT2D eigenvalue weighted by Gasteiger charge is 2.82. The minimum atomic E-state index is -6.91. The van der Waals surface area contributed by atoms with E-state index in [2.05, 4.69) is 0 Å². The second-order valence-electron chi connectivity index (χ2n) is 5.27. The van der Waals surface area contributed by atoms with Gasteiger partial charge in [-0.2, -0.15) is 39.5 Å². The number of para-hydroxylation sites is 1. The van der Waals surface area contributed by atoms with E-state index >= 15 is 0 Å². The van der Waals surface area contributed by atoms with E-state index in [1.54, 1.807) is 0 Å². The molecule has 0 aliphatic carbocycles. The van der Waals surface area contributed by atoms with E-state index in [9.17, 15) is 39.5 Å². The van der Waals surface area contributed by atoms with Gasteiger partial charge in [-0.1, -0.05) is 18.2 Å². The average molecular weight is 363 g/mol. The lowest BCUT2D eigenvalue weighted by molar-refractivity contribution is -0.400.